The maximum Gasteiger partial charge on any atom is 0.258 e. The van der Waals surface area contributed by atoms with E-state index in [0.29, 0.717) is 11.2 Å². The van der Waals surface area contributed by atoms with Gasteiger partial charge in [-0.25, -0.2) is 0 Å². The van der Waals surface area contributed by atoms with Crippen molar-refractivity contribution in [2.45, 2.75) is 12.5 Å². The number of hydrogen-bond acceptors (Lipinski definition) is 4. The Morgan fingerprint density at radius 2 is 2.53 bits per heavy atom. The van der Waals surface area contributed by atoms with Crippen molar-refractivity contribution in [1.82, 2.24) is 4.57 Å². The molecule has 2 rings (SSSR count). The van der Waals surface area contributed by atoms with Crippen molar-refractivity contribution < 1.29 is 9.72 Å². The van der Waals surface area contributed by atoms with Crippen LogP contribution in [-0.2, 0) is 11.8 Å². The van der Waals surface area contributed by atoms with Crippen LogP contribution in [0.3, 0.4) is 0 Å². The van der Waals surface area contributed by atoms with Gasteiger partial charge in [-0.2, -0.15) is 4.99 Å². The standard InChI is InChI=1S/C8H9N3O3S/c1-10-2-3-15-8(10)9-7(12)5-4-6(5)11(13)14/h2-3,5-6H,4H2,1H3/t5-,6-/m0/s1. The molecule has 1 amide bonds. The second-order valence-electron chi connectivity index (χ2n) is 3.44. The minimum Gasteiger partial charge on any atom is -0.327 e. The summed E-state index contributed by atoms with van der Waals surface area (Å²) in [5, 5.41) is 12.2. The Bertz CT molecular complexity index is 475. The number of aromatic nitrogens is 1. The van der Waals surface area contributed by atoms with Gasteiger partial charge in [0.25, 0.3) is 5.91 Å². The number of rotatable bonds is 2. The fourth-order valence-corrected chi connectivity index (χ4v) is 2.03. The van der Waals surface area contributed by atoms with Gasteiger partial charge in [-0.05, 0) is 0 Å². The SMILES string of the molecule is Cn1ccsc1=NC(=O)[C@H]1C[C@@H]1[N+](=O)[O-]. The van der Waals surface area contributed by atoms with Gasteiger partial charge in [-0.15, -0.1) is 11.3 Å². The van der Waals surface area contributed by atoms with Crippen LogP contribution in [0.25, 0.3) is 0 Å². The molecule has 0 N–H and O–H groups in total. The maximum absolute atomic E-state index is 11.5. The maximum atomic E-state index is 11.5. The first-order valence-electron chi connectivity index (χ1n) is 4.42. The lowest BCUT2D eigenvalue weighted by Gasteiger charge is -1.90. The molecule has 0 aromatic carbocycles. The fourth-order valence-electron chi connectivity index (χ4n) is 1.29. The molecular formula is C8H9N3O3S. The Morgan fingerprint density at radius 1 is 1.80 bits per heavy atom. The summed E-state index contributed by atoms with van der Waals surface area (Å²) in [6.07, 6.45) is 2.11. The zero-order valence-electron chi connectivity index (χ0n) is 7.99. The molecule has 1 aromatic heterocycles. The molecule has 80 valence electrons. The number of amides is 1. The highest BCUT2D eigenvalue weighted by Gasteiger charge is 2.53. The highest BCUT2D eigenvalue weighted by Crippen LogP contribution is 2.33. The fraction of sp³-hybridized carbons (Fsp3) is 0.500. The average Bonchev–Trinajstić information content (AvgIpc) is 2.88. The normalized spacial score (nSPS) is 25.3. The van der Waals surface area contributed by atoms with E-state index in [1.54, 1.807) is 17.8 Å². The van der Waals surface area contributed by atoms with E-state index < -0.39 is 16.9 Å². The molecule has 0 radical (unpaired) electrons. The molecular weight excluding hydrogens is 218 g/mol. The Kier molecular flexibility index (Phi) is 2.39. The lowest BCUT2D eigenvalue weighted by atomic mass is 10.4. The van der Waals surface area contributed by atoms with Crippen molar-refractivity contribution in [1.29, 1.82) is 0 Å². The molecule has 1 fully saturated rings. The molecule has 1 saturated carbocycles. The minimum absolute atomic E-state index is 0.324. The number of nitrogens with zero attached hydrogens (tertiary/aromatic N) is 3. The first-order chi connectivity index (χ1) is 7.09. The van der Waals surface area contributed by atoms with Gasteiger partial charge in [0.2, 0.25) is 6.04 Å². The molecule has 2 atom stereocenters. The van der Waals surface area contributed by atoms with Crippen molar-refractivity contribution in [3.05, 3.63) is 26.5 Å². The van der Waals surface area contributed by atoms with E-state index in [4.69, 9.17) is 0 Å². The van der Waals surface area contributed by atoms with Gasteiger partial charge in [0, 0.05) is 30.0 Å². The summed E-state index contributed by atoms with van der Waals surface area (Å²) in [7, 11) is 1.78. The van der Waals surface area contributed by atoms with E-state index in [1.165, 1.54) is 11.3 Å². The molecule has 1 heterocycles. The summed E-state index contributed by atoms with van der Waals surface area (Å²) in [5.41, 5.74) is 0. The van der Waals surface area contributed by atoms with Crippen LogP contribution >= 0.6 is 11.3 Å². The zero-order valence-corrected chi connectivity index (χ0v) is 8.81. The smallest absolute Gasteiger partial charge is 0.258 e. The van der Waals surface area contributed by atoms with Crippen molar-refractivity contribution in [3.63, 3.8) is 0 Å². The van der Waals surface area contributed by atoms with E-state index >= 15 is 0 Å². The number of nitro groups is 1. The highest BCUT2D eigenvalue weighted by atomic mass is 32.1. The van der Waals surface area contributed by atoms with Crippen molar-refractivity contribution in [2.75, 3.05) is 0 Å². The molecule has 1 aliphatic rings. The summed E-state index contributed by atoms with van der Waals surface area (Å²) in [4.78, 5) is 25.8. The summed E-state index contributed by atoms with van der Waals surface area (Å²) < 4.78 is 1.71. The van der Waals surface area contributed by atoms with Crippen LogP contribution in [0, 0.1) is 16.0 Å². The second kappa shape index (κ2) is 3.58. The van der Waals surface area contributed by atoms with E-state index in [-0.39, 0.29) is 5.91 Å². The average molecular weight is 227 g/mol. The second-order valence-corrected chi connectivity index (χ2v) is 4.31. The summed E-state index contributed by atoms with van der Waals surface area (Å²) in [6.45, 7) is 0. The molecule has 0 unspecified atom stereocenters. The van der Waals surface area contributed by atoms with Crippen LogP contribution in [0.1, 0.15) is 6.42 Å². The van der Waals surface area contributed by atoms with Crippen LogP contribution in [0.2, 0.25) is 0 Å². The zero-order chi connectivity index (χ0) is 11.0. The third-order valence-electron chi connectivity index (χ3n) is 2.31. The molecule has 0 aliphatic heterocycles. The molecule has 0 bridgehead atoms. The van der Waals surface area contributed by atoms with E-state index in [0.717, 1.165) is 0 Å². The number of carbonyl (C=O) groups is 1. The molecule has 0 saturated heterocycles. The monoisotopic (exact) mass is 227 g/mol. The summed E-state index contributed by atoms with van der Waals surface area (Å²) in [5.74, 6) is -0.892. The third kappa shape index (κ3) is 1.96. The topological polar surface area (TPSA) is 77.5 Å². The van der Waals surface area contributed by atoms with Crippen molar-refractivity contribution >= 4 is 17.2 Å². The van der Waals surface area contributed by atoms with Gasteiger partial charge < -0.3 is 4.57 Å². The largest absolute Gasteiger partial charge is 0.327 e. The first-order valence-corrected chi connectivity index (χ1v) is 5.30. The van der Waals surface area contributed by atoms with Crippen LogP contribution in [0.4, 0.5) is 0 Å². The quantitative estimate of drug-likeness (QED) is 0.534. The van der Waals surface area contributed by atoms with Gasteiger partial charge in [0.1, 0.15) is 5.92 Å². The van der Waals surface area contributed by atoms with E-state index in [2.05, 4.69) is 4.99 Å². The Morgan fingerprint density at radius 3 is 3.00 bits per heavy atom. The summed E-state index contributed by atoms with van der Waals surface area (Å²) >= 11 is 1.34. The van der Waals surface area contributed by atoms with Gasteiger partial charge in [0.15, 0.2) is 4.80 Å². The molecule has 6 nitrogen and oxygen atoms in total. The predicted octanol–water partition coefficient (Wildman–Crippen LogP) is 0.179. The van der Waals surface area contributed by atoms with Crippen molar-refractivity contribution in [2.24, 2.45) is 18.0 Å². The Labute approximate surface area is 89.0 Å². The van der Waals surface area contributed by atoms with Crippen molar-refractivity contribution in [3.8, 4) is 0 Å². The Balaban J connectivity index is 2.13. The molecule has 0 spiro atoms. The predicted molar refractivity (Wildman–Crippen MR) is 52.7 cm³/mol. The minimum atomic E-state index is -0.716. The number of aryl methyl sites for hydroxylation is 1. The van der Waals surface area contributed by atoms with Gasteiger partial charge in [-0.1, -0.05) is 0 Å². The lowest BCUT2D eigenvalue weighted by Crippen LogP contribution is -2.15. The molecule has 7 heteroatoms. The molecule has 1 aliphatic carbocycles. The Hall–Kier alpha value is -1.50. The number of carbonyl (C=O) groups excluding carboxylic acids is 1. The van der Waals surface area contributed by atoms with E-state index in [9.17, 15) is 14.9 Å². The van der Waals surface area contributed by atoms with Crippen LogP contribution < -0.4 is 4.80 Å². The molecule has 15 heavy (non-hydrogen) atoms. The van der Waals surface area contributed by atoms with Crippen LogP contribution in [-0.4, -0.2) is 21.4 Å². The van der Waals surface area contributed by atoms with E-state index in [1.807, 2.05) is 5.38 Å². The molecule has 1 aromatic rings. The van der Waals surface area contributed by atoms with Gasteiger partial charge in [-0.3, -0.25) is 14.9 Å². The van der Waals surface area contributed by atoms with Crippen LogP contribution in [0.5, 0.6) is 0 Å². The summed E-state index contributed by atoms with van der Waals surface area (Å²) in [6, 6.07) is -0.716. The van der Waals surface area contributed by atoms with Crippen LogP contribution in [0.15, 0.2) is 16.6 Å². The van der Waals surface area contributed by atoms with Gasteiger partial charge >= 0.3 is 0 Å². The first kappa shape index (κ1) is 10.0. The van der Waals surface area contributed by atoms with Gasteiger partial charge in [0.05, 0.1) is 0 Å². The number of hydrogen-bond donors (Lipinski definition) is 0. The highest BCUT2D eigenvalue weighted by molar-refractivity contribution is 7.07. The third-order valence-corrected chi connectivity index (χ3v) is 3.16. The number of thiazole rings is 1. The lowest BCUT2D eigenvalue weighted by molar-refractivity contribution is -0.497.